The molecule has 1 N–H and O–H groups in total. The summed E-state index contributed by atoms with van der Waals surface area (Å²) in [6.45, 7) is 3.38. The molecule has 1 amide bonds. The Morgan fingerprint density at radius 1 is 0.938 bits per heavy atom. The summed E-state index contributed by atoms with van der Waals surface area (Å²) in [6.07, 6.45) is 7.48. The number of hydrogen-bond acceptors (Lipinski definition) is 6. The lowest BCUT2D eigenvalue weighted by Crippen LogP contribution is -2.47. The fourth-order valence-corrected chi connectivity index (χ4v) is 4.17. The second-order valence-corrected chi connectivity index (χ2v) is 7.94. The van der Waals surface area contributed by atoms with Crippen LogP contribution < -0.4 is 15.1 Å². The summed E-state index contributed by atoms with van der Waals surface area (Å²) in [7, 11) is 1.99. The minimum atomic E-state index is -0.0818. The third-order valence-electron chi connectivity index (χ3n) is 5.79. The molecule has 0 bridgehead atoms. The van der Waals surface area contributed by atoms with Gasteiger partial charge in [0.05, 0.1) is 24.5 Å². The van der Waals surface area contributed by atoms with Crippen LogP contribution in [-0.2, 0) is 18.3 Å². The number of para-hydroxylation sites is 1. The van der Waals surface area contributed by atoms with Crippen LogP contribution in [0, 0.1) is 0 Å². The zero-order valence-electron chi connectivity index (χ0n) is 18.0. The SMILES string of the molecule is Cn1cc(CC(=O)Nc2cnc(N3CCN(c4ccccn4)CC3)nc2)c2ccccc21. The van der Waals surface area contributed by atoms with E-state index in [0.717, 1.165) is 48.5 Å². The van der Waals surface area contributed by atoms with Crippen molar-refractivity contribution in [2.24, 2.45) is 7.05 Å². The first kappa shape index (κ1) is 20.0. The Bertz CT molecular complexity index is 1210. The van der Waals surface area contributed by atoms with Crippen molar-refractivity contribution in [3.05, 3.63) is 72.8 Å². The Balaban J connectivity index is 1.18. The summed E-state index contributed by atoms with van der Waals surface area (Å²) < 4.78 is 2.05. The molecule has 1 saturated heterocycles. The topological polar surface area (TPSA) is 79.2 Å². The van der Waals surface area contributed by atoms with Crippen molar-refractivity contribution in [3.8, 4) is 0 Å². The number of benzene rings is 1. The Hall–Kier alpha value is -3.94. The molecule has 8 nitrogen and oxygen atoms in total. The first-order valence-electron chi connectivity index (χ1n) is 10.7. The van der Waals surface area contributed by atoms with Gasteiger partial charge in [-0.3, -0.25) is 4.79 Å². The number of aryl methyl sites for hydroxylation is 1. The molecular formula is C24H25N7O. The van der Waals surface area contributed by atoms with Crippen LogP contribution >= 0.6 is 0 Å². The summed E-state index contributed by atoms with van der Waals surface area (Å²) in [6, 6.07) is 14.1. The first-order valence-corrected chi connectivity index (χ1v) is 10.7. The summed E-state index contributed by atoms with van der Waals surface area (Å²) >= 11 is 0. The Labute approximate surface area is 186 Å². The number of aromatic nitrogens is 4. The molecule has 8 heteroatoms. The van der Waals surface area contributed by atoms with Crippen LogP contribution in [0.3, 0.4) is 0 Å². The van der Waals surface area contributed by atoms with E-state index in [1.807, 2.05) is 60.4 Å². The van der Waals surface area contributed by atoms with Gasteiger partial charge < -0.3 is 19.7 Å². The number of nitrogens with zero attached hydrogens (tertiary/aromatic N) is 6. The monoisotopic (exact) mass is 427 g/mol. The number of anilines is 3. The summed E-state index contributed by atoms with van der Waals surface area (Å²) in [4.78, 5) is 30.4. The van der Waals surface area contributed by atoms with Gasteiger partial charge in [-0.15, -0.1) is 0 Å². The Morgan fingerprint density at radius 2 is 1.66 bits per heavy atom. The summed E-state index contributed by atoms with van der Waals surface area (Å²) in [5.41, 5.74) is 2.72. The lowest BCUT2D eigenvalue weighted by Gasteiger charge is -2.35. The van der Waals surface area contributed by atoms with Crippen molar-refractivity contribution in [1.82, 2.24) is 19.5 Å². The van der Waals surface area contributed by atoms with Crippen LogP contribution in [0.1, 0.15) is 5.56 Å². The van der Waals surface area contributed by atoms with Crippen molar-refractivity contribution < 1.29 is 4.79 Å². The van der Waals surface area contributed by atoms with E-state index >= 15 is 0 Å². The van der Waals surface area contributed by atoms with Crippen molar-refractivity contribution in [3.63, 3.8) is 0 Å². The Kier molecular flexibility index (Phi) is 5.41. The number of amides is 1. The molecule has 0 radical (unpaired) electrons. The van der Waals surface area contributed by atoms with Crippen molar-refractivity contribution in [2.45, 2.75) is 6.42 Å². The van der Waals surface area contributed by atoms with Gasteiger partial charge in [-0.25, -0.2) is 15.0 Å². The van der Waals surface area contributed by atoms with Gasteiger partial charge in [0.2, 0.25) is 11.9 Å². The highest BCUT2D eigenvalue weighted by atomic mass is 16.1. The minimum absolute atomic E-state index is 0.0818. The molecule has 0 atom stereocenters. The van der Waals surface area contributed by atoms with E-state index in [1.165, 1.54) is 0 Å². The maximum Gasteiger partial charge on any atom is 0.228 e. The highest BCUT2D eigenvalue weighted by Gasteiger charge is 2.20. The van der Waals surface area contributed by atoms with Crippen molar-refractivity contribution in [1.29, 1.82) is 0 Å². The molecular weight excluding hydrogens is 402 g/mol. The first-order chi connectivity index (χ1) is 15.7. The molecule has 1 aliphatic heterocycles. The van der Waals surface area contributed by atoms with E-state index in [2.05, 4.69) is 36.1 Å². The van der Waals surface area contributed by atoms with Crippen LogP contribution in [0.5, 0.6) is 0 Å². The number of fused-ring (bicyclic) bond motifs is 1. The van der Waals surface area contributed by atoms with Gasteiger partial charge in [0, 0.05) is 56.5 Å². The molecule has 32 heavy (non-hydrogen) atoms. The molecule has 3 aromatic heterocycles. The van der Waals surface area contributed by atoms with Gasteiger partial charge in [0.15, 0.2) is 0 Å². The van der Waals surface area contributed by atoms with Gasteiger partial charge >= 0.3 is 0 Å². The number of carbonyl (C=O) groups excluding carboxylic acids is 1. The van der Waals surface area contributed by atoms with Gasteiger partial charge in [0.1, 0.15) is 5.82 Å². The van der Waals surface area contributed by atoms with Gasteiger partial charge in [0.25, 0.3) is 0 Å². The quantitative estimate of drug-likeness (QED) is 0.528. The molecule has 1 aromatic carbocycles. The van der Waals surface area contributed by atoms with Crippen LogP contribution in [-0.4, -0.2) is 51.6 Å². The summed E-state index contributed by atoms with van der Waals surface area (Å²) in [5.74, 6) is 1.59. The Morgan fingerprint density at radius 3 is 2.41 bits per heavy atom. The van der Waals surface area contributed by atoms with Crippen molar-refractivity contribution >= 4 is 34.3 Å². The van der Waals surface area contributed by atoms with Crippen molar-refractivity contribution in [2.75, 3.05) is 41.3 Å². The number of rotatable bonds is 5. The number of pyridine rings is 1. The molecule has 4 aromatic rings. The molecule has 1 fully saturated rings. The zero-order chi connectivity index (χ0) is 21.9. The summed E-state index contributed by atoms with van der Waals surface area (Å²) in [5, 5.41) is 4.01. The van der Waals surface area contributed by atoms with Crippen LogP contribution in [0.2, 0.25) is 0 Å². The standard InChI is InChI=1S/C24H25N7O/c1-29-17-18(20-6-2-3-7-21(20)29)14-23(32)28-19-15-26-24(27-16-19)31-12-10-30(11-13-31)22-8-4-5-9-25-22/h2-9,15-17H,10-14H2,1H3,(H,28,32). The minimum Gasteiger partial charge on any atom is -0.353 e. The van der Waals surface area contributed by atoms with E-state index in [4.69, 9.17) is 0 Å². The second-order valence-electron chi connectivity index (χ2n) is 7.94. The van der Waals surface area contributed by atoms with Crippen LogP contribution in [0.25, 0.3) is 10.9 Å². The normalized spacial score (nSPS) is 14.0. The van der Waals surface area contributed by atoms with Crippen LogP contribution in [0.4, 0.5) is 17.5 Å². The highest BCUT2D eigenvalue weighted by molar-refractivity contribution is 5.95. The van der Waals surface area contributed by atoms with Crippen LogP contribution in [0.15, 0.2) is 67.3 Å². The van der Waals surface area contributed by atoms with Gasteiger partial charge in [-0.05, 0) is 23.8 Å². The lowest BCUT2D eigenvalue weighted by atomic mass is 10.1. The van der Waals surface area contributed by atoms with E-state index in [0.29, 0.717) is 18.1 Å². The molecule has 162 valence electrons. The average Bonchev–Trinajstić information content (AvgIpc) is 3.15. The third kappa shape index (κ3) is 4.12. The second kappa shape index (κ2) is 8.66. The maximum atomic E-state index is 12.6. The molecule has 5 rings (SSSR count). The predicted octanol–water partition coefficient (Wildman–Crippen LogP) is 2.87. The largest absolute Gasteiger partial charge is 0.353 e. The maximum absolute atomic E-state index is 12.6. The molecule has 0 spiro atoms. The predicted molar refractivity (Wildman–Crippen MR) is 126 cm³/mol. The lowest BCUT2D eigenvalue weighted by molar-refractivity contribution is -0.115. The number of hydrogen-bond donors (Lipinski definition) is 1. The number of piperazine rings is 1. The fraction of sp³-hybridized carbons (Fsp3) is 0.250. The van der Waals surface area contributed by atoms with E-state index < -0.39 is 0 Å². The molecule has 0 aliphatic carbocycles. The van der Waals surface area contributed by atoms with E-state index in [-0.39, 0.29) is 5.91 Å². The third-order valence-corrected chi connectivity index (χ3v) is 5.79. The zero-order valence-corrected chi connectivity index (χ0v) is 18.0. The smallest absolute Gasteiger partial charge is 0.228 e. The number of nitrogens with one attached hydrogen (secondary N) is 1. The molecule has 0 unspecified atom stereocenters. The van der Waals surface area contributed by atoms with Gasteiger partial charge in [-0.2, -0.15) is 0 Å². The molecule has 4 heterocycles. The average molecular weight is 428 g/mol. The van der Waals surface area contributed by atoms with Gasteiger partial charge in [-0.1, -0.05) is 24.3 Å². The highest BCUT2D eigenvalue weighted by Crippen LogP contribution is 2.21. The van der Waals surface area contributed by atoms with E-state index in [1.54, 1.807) is 12.4 Å². The fourth-order valence-electron chi connectivity index (χ4n) is 4.17. The number of carbonyl (C=O) groups is 1. The molecule has 0 saturated carbocycles. The van der Waals surface area contributed by atoms with E-state index in [9.17, 15) is 4.79 Å². The molecule has 1 aliphatic rings.